The van der Waals surface area contributed by atoms with Crippen LogP contribution >= 0.6 is 0 Å². The van der Waals surface area contributed by atoms with Crippen molar-refractivity contribution in [1.82, 2.24) is 0 Å². The Morgan fingerprint density at radius 3 is 2.20 bits per heavy atom. The molecular weight excluding hydrogens is 334 g/mol. The van der Waals surface area contributed by atoms with Crippen LogP contribution in [0, 0.1) is 6.92 Å². The van der Waals surface area contributed by atoms with E-state index in [1.807, 2.05) is 43.3 Å². The average Bonchev–Trinajstić information content (AvgIpc) is 3.22. The molecule has 25 heavy (non-hydrogen) atoms. The van der Waals surface area contributed by atoms with Crippen LogP contribution in [0.15, 0.2) is 53.4 Å². The summed E-state index contributed by atoms with van der Waals surface area (Å²) < 4.78 is 31.6. The van der Waals surface area contributed by atoms with Gasteiger partial charge in [-0.05, 0) is 36.6 Å². The Morgan fingerprint density at radius 2 is 1.68 bits per heavy atom. The van der Waals surface area contributed by atoms with Crippen molar-refractivity contribution in [3.05, 3.63) is 65.2 Å². The Bertz CT molecular complexity index is 844. The standard InChI is InChI=1S/C20H25NO3S/c1-4-15-7-9-16(10-8-15)18-19(20(18,21)13-24-3)25(22,23)17-11-5-14(2)6-12-17/h5-12,18-19H,4,13,21H2,1-3H3/t18-,19+,20+/m1/s1. The van der Waals surface area contributed by atoms with Gasteiger partial charge < -0.3 is 10.5 Å². The van der Waals surface area contributed by atoms with Crippen LogP contribution in [0.1, 0.15) is 29.5 Å². The molecule has 5 heteroatoms. The van der Waals surface area contributed by atoms with Crippen molar-refractivity contribution in [3.63, 3.8) is 0 Å². The van der Waals surface area contributed by atoms with Crippen LogP contribution in [0.4, 0.5) is 0 Å². The van der Waals surface area contributed by atoms with E-state index in [0.717, 1.165) is 17.5 Å². The van der Waals surface area contributed by atoms with Crippen molar-refractivity contribution >= 4 is 9.84 Å². The number of sulfone groups is 1. The summed E-state index contributed by atoms with van der Waals surface area (Å²) in [4.78, 5) is 0.321. The SMILES string of the molecule is CCc1ccc([C@@H]2[C@H](S(=O)(=O)c3ccc(C)cc3)[C@]2(N)COC)cc1. The maximum atomic E-state index is 13.2. The zero-order valence-corrected chi connectivity index (χ0v) is 15.7. The molecule has 1 aliphatic carbocycles. The van der Waals surface area contributed by atoms with Crippen LogP contribution in [-0.2, 0) is 21.0 Å². The second kappa shape index (κ2) is 6.56. The van der Waals surface area contributed by atoms with Crippen LogP contribution in [0.25, 0.3) is 0 Å². The normalized spacial score (nSPS) is 25.8. The molecule has 0 radical (unpaired) electrons. The summed E-state index contributed by atoms with van der Waals surface area (Å²) in [5.74, 6) is -0.260. The molecule has 1 fully saturated rings. The smallest absolute Gasteiger partial charge is 0.183 e. The van der Waals surface area contributed by atoms with Gasteiger partial charge >= 0.3 is 0 Å². The zero-order chi connectivity index (χ0) is 18.2. The molecule has 134 valence electrons. The molecule has 4 nitrogen and oxygen atoms in total. The van der Waals surface area contributed by atoms with Crippen LogP contribution in [0.5, 0.6) is 0 Å². The summed E-state index contributed by atoms with van der Waals surface area (Å²) in [6.07, 6.45) is 0.946. The predicted octanol–water partition coefficient (Wildman–Crippen LogP) is 2.84. The average molecular weight is 359 g/mol. The van der Waals surface area contributed by atoms with Gasteiger partial charge in [0.05, 0.1) is 22.3 Å². The predicted molar refractivity (Wildman–Crippen MR) is 99.5 cm³/mol. The summed E-state index contributed by atoms with van der Waals surface area (Å²) >= 11 is 0. The minimum atomic E-state index is -3.53. The fourth-order valence-corrected chi connectivity index (χ4v) is 5.92. The maximum absolute atomic E-state index is 13.2. The molecule has 0 bridgehead atoms. The zero-order valence-electron chi connectivity index (χ0n) is 14.9. The maximum Gasteiger partial charge on any atom is 0.183 e. The van der Waals surface area contributed by atoms with E-state index in [2.05, 4.69) is 6.92 Å². The third kappa shape index (κ3) is 3.12. The van der Waals surface area contributed by atoms with E-state index in [1.165, 1.54) is 5.56 Å². The number of hydrogen-bond acceptors (Lipinski definition) is 4. The molecule has 0 unspecified atom stereocenters. The minimum Gasteiger partial charge on any atom is -0.383 e. The van der Waals surface area contributed by atoms with E-state index < -0.39 is 20.6 Å². The largest absolute Gasteiger partial charge is 0.383 e. The first-order valence-corrected chi connectivity index (χ1v) is 10.1. The van der Waals surface area contributed by atoms with Crippen LogP contribution in [0.2, 0.25) is 0 Å². The van der Waals surface area contributed by atoms with E-state index in [0.29, 0.717) is 4.90 Å². The molecule has 3 rings (SSSR count). The Labute approximate surface area is 149 Å². The molecule has 3 atom stereocenters. The van der Waals surface area contributed by atoms with E-state index in [-0.39, 0.29) is 12.5 Å². The first-order chi connectivity index (χ1) is 11.8. The number of methoxy groups -OCH3 is 1. The summed E-state index contributed by atoms with van der Waals surface area (Å²) in [6, 6.07) is 15.0. The first-order valence-electron chi connectivity index (χ1n) is 8.52. The molecule has 0 heterocycles. The van der Waals surface area contributed by atoms with Crippen molar-refractivity contribution in [3.8, 4) is 0 Å². The molecule has 1 aliphatic rings. The third-order valence-electron chi connectivity index (χ3n) is 5.13. The van der Waals surface area contributed by atoms with Gasteiger partial charge in [0, 0.05) is 13.0 Å². The van der Waals surface area contributed by atoms with Gasteiger partial charge in [-0.3, -0.25) is 0 Å². The first kappa shape index (κ1) is 18.1. The number of hydrogen-bond donors (Lipinski definition) is 1. The van der Waals surface area contributed by atoms with Crippen LogP contribution in [0.3, 0.4) is 0 Å². The number of benzene rings is 2. The fourth-order valence-electron chi connectivity index (χ4n) is 3.63. The number of rotatable bonds is 6. The quantitative estimate of drug-likeness (QED) is 0.861. The molecule has 0 aromatic heterocycles. The second-order valence-corrected chi connectivity index (χ2v) is 8.97. The molecule has 2 aromatic rings. The van der Waals surface area contributed by atoms with Crippen molar-refractivity contribution in [2.45, 2.75) is 41.9 Å². The number of nitrogens with two attached hydrogens (primary N) is 1. The lowest BCUT2D eigenvalue weighted by atomic mass is 10.0. The molecule has 1 saturated carbocycles. The highest BCUT2D eigenvalue weighted by Gasteiger charge is 2.69. The van der Waals surface area contributed by atoms with Gasteiger partial charge in [-0.25, -0.2) is 8.42 Å². The molecular formula is C20H25NO3S. The van der Waals surface area contributed by atoms with Gasteiger partial charge in [-0.1, -0.05) is 48.9 Å². The van der Waals surface area contributed by atoms with E-state index >= 15 is 0 Å². The summed E-state index contributed by atoms with van der Waals surface area (Å²) in [5, 5.41) is -0.671. The van der Waals surface area contributed by atoms with Crippen molar-refractivity contribution in [2.75, 3.05) is 13.7 Å². The molecule has 0 aliphatic heterocycles. The second-order valence-electron chi connectivity index (χ2n) is 6.90. The molecule has 2 N–H and O–H groups in total. The van der Waals surface area contributed by atoms with Gasteiger partial charge in [0.1, 0.15) is 0 Å². The summed E-state index contributed by atoms with van der Waals surface area (Å²) in [6.45, 7) is 4.24. The molecule has 0 saturated heterocycles. The third-order valence-corrected chi connectivity index (χ3v) is 7.44. The highest BCUT2D eigenvalue weighted by atomic mass is 32.2. The number of aryl methyl sites for hydroxylation is 2. The summed E-state index contributed by atoms with van der Waals surface area (Å²) in [7, 11) is -1.98. The Kier molecular flexibility index (Phi) is 4.75. The number of ether oxygens (including phenoxy) is 1. The Balaban J connectivity index is 1.99. The molecule has 0 spiro atoms. The highest BCUT2D eigenvalue weighted by molar-refractivity contribution is 7.92. The van der Waals surface area contributed by atoms with Crippen molar-refractivity contribution < 1.29 is 13.2 Å². The Morgan fingerprint density at radius 1 is 1.08 bits per heavy atom. The van der Waals surface area contributed by atoms with Gasteiger partial charge in [0.25, 0.3) is 0 Å². The van der Waals surface area contributed by atoms with Gasteiger partial charge in [-0.2, -0.15) is 0 Å². The van der Waals surface area contributed by atoms with E-state index in [4.69, 9.17) is 10.5 Å². The molecule has 0 amide bonds. The van der Waals surface area contributed by atoms with Crippen LogP contribution < -0.4 is 5.73 Å². The van der Waals surface area contributed by atoms with E-state index in [9.17, 15) is 8.42 Å². The minimum absolute atomic E-state index is 0.211. The lowest BCUT2D eigenvalue weighted by molar-refractivity contribution is 0.171. The van der Waals surface area contributed by atoms with E-state index in [1.54, 1.807) is 19.2 Å². The lowest BCUT2D eigenvalue weighted by Gasteiger charge is -2.11. The van der Waals surface area contributed by atoms with Crippen molar-refractivity contribution in [2.24, 2.45) is 5.73 Å². The fraction of sp³-hybridized carbons (Fsp3) is 0.400. The van der Waals surface area contributed by atoms with Crippen molar-refractivity contribution in [1.29, 1.82) is 0 Å². The van der Waals surface area contributed by atoms with Gasteiger partial charge in [0.15, 0.2) is 9.84 Å². The van der Waals surface area contributed by atoms with Crippen LogP contribution in [-0.4, -0.2) is 32.9 Å². The summed E-state index contributed by atoms with van der Waals surface area (Å²) in [5.41, 5.74) is 8.80. The highest BCUT2D eigenvalue weighted by Crippen LogP contribution is 2.55. The Hall–Kier alpha value is -1.69. The van der Waals surface area contributed by atoms with Gasteiger partial charge in [-0.15, -0.1) is 0 Å². The van der Waals surface area contributed by atoms with Gasteiger partial charge in [0.2, 0.25) is 0 Å². The molecule has 2 aromatic carbocycles. The topological polar surface area (TPSA) is 69.4 Å². The monoisotopic (exact) mass is 359 g/mol. The lowest BCUT2D eigenvalue weighted by Crippen LogP contribution is -2.35.